The van der Waals surface area contributed by atoms with Gasteiger partial charge in [-0.25, -0.2) is 15.0 Å². The molecular formula is C24H18N6O2. The van der Waals surface area contributed by atoms with Crippen LogP contribution in [-0.2, 0) is 6.54 Å². The van der Waals surface area contributed by atoms with Crippen LogP contribution in [0.3, 0.4) is 0 Å². The van der Waals surface area contributed by atoms with E-state index in [0.29, 0.717) is 17.7 Å². The van der Waals surface area contributed by atoms with Crippen LogP contribution in [-0.4, -0.2) is 35.9 Å². The number of carbonyl (C=O) groups excluding carboxylic acids is 2. The first-order chi connectivity index (χ1) is 15.7. The Morgan fingerprint density at radius 3 is 2.38 bits per heavy atom. The minimum Gasteiger partial charge on any atom is -0.333 e. The van der Waals surface area contributed by atoms with Crippen molar-refractivity contribution in [2.75, 3.05) is 5.32 Å². The molecule has 0 radical (unpaired) electrons. The van der Waals surface area contributed by atoms with Crippen molar-refractivity contribution in [1.29, 1.82) is 0 Å². The number of carbonyl (C=O) groups is 2. The van der Waals surface area contributed by atoms with Gasteiger partial charge in [0.15, 0.2) is 0 Å². The number of aromatic nitrogens is 5. The predicted molar refractivity (Wildman–Crippen MR) is 119 cm³/mol. The molecule has 5 aromatic rings. The lowest BCUT2D eigenvalue weighted by Gasteiger charge is -2.06. The standard InChI is InChI=1S/C24H18N6O2/c31-22(28-24-26-10-3-11-27-24)17-6-8-18(9-7-17)23(32)30-15-19(14-29-13-12-25-16-29)20-4-1-2-5-21(20)30/h1-13,15-16H,14H2,(H,26,27,28,31). The number of anilines is 1. The summed E-state index contributed by atoms with van der Waals surface area (Å²) in [6, 6.07) is 16.0. The van der Waals surface area contributed by atoms with E-state index in [1.54, 1.807) is 59.8 Å². The summed E-state index contributed by atoms with van der Waals surface area (Å²) in [5.41, 5.74) is 2.74. The van der Waals surface area contributed by atoms with Gasteiger partial charge in [0.05, 0.1) is 18.4 Å². The number of nitrogens with one attached hydrogen (secondary N) is 1. The lowest BCUT2D eigenvalue weighted by atomic mass is 10.1. The largest absolute Gasteiger partial charge is 0.333 e. The highest BCUT2D eigenvalue weighted by molar-refractivity contribution is 6.06. The Hall–Kier alpha value is -4.59. The number of hydrogen-bond acceptors (Lipinski definition) is 5. The molecule has 0 spiro atoms. The van der Waals surface area contributed by atoms with Crippen LogP contribution in [0.15, 0.2) is 91.9 Å². The molecule has 0 unspecified atom stereocenters. The third kappa shape index (κ3) is 3.77. The van der Waals surface area contributed by atoms with Crippen molar-refractivity contribution >= 4 is 28.7 Å². The van der Waals surface area contributed by atoms with Gasteiger partial charge >= 0.3 is 0 Å². The number of amides is 1. The van der Waals surface area contributed by atoms with E-state index in [0.717, 1.165) is 16.5 Å². The number of rotatable bonds is 5. The number of nitrogens with zero attached hydrogens (tertiary/aromatic N) is 5. The maximum atomic E-state index is 13.3. The minimum absolute atomic E-state index is 0.170. The van der Waals surface area contributed by atoms with E-state index in [1.807, 2.05) is 41.2 Å². The maximum Gasteiger partial charge on any atom is 0.262 e. The number of fused-ring (bicyclic) bond motifs is 1. The van der Waals surface area contributed by atoms with Crippen LogP contribution >= 0.6 is 0 Å². The van der Waals surface area contributed by atoms with Crippen molar-refractivity contribution in [3.05, 3.63) is 109 Å². The molecule has 0 fully saturated rings. The quantitative estimate of drug-likeness (QED) is 0.467. The molecule has 3 aromatic heterocycles. The first-order valence-corrected chi connectivity index (χ1v) is 9.97. The molecule has 3 heterocycles. The summed E-state index contributed by atoms with van der Waals surface area (Å²) in [5.74, 6) is -0.289. The predicted octanol–water partition coefficient (Wildman–Crippen LogP) is 3.62. The Bertz CT molecular complexity index is 1390. The van der Waals surface area contributed by atoms with E-state index in [-0.39, 0.29) is 17.8 Å². The average molecular weight is 422 g/mol. The summed E-state index contributed by atoms with van der Waals surface area (Å²) in [4.78, 5) is 37.7. The van der Waals surface area contributed by atoms with Gasteiger partial charge in [0, 0.05) is 47.5 Å². The van der Waals surface area contributed by atoms with Crippen molar-refractivity contribution in [1.82, 2.24) is 24.1 Å². The Balaban J connectivity index is 1.41. The molecule has 0 aliphatic carbocycles. The van der Waals surface area contributed by atoms with Crippen LogP contribution in [0.5, 0.6) is 0 Å². The SMILES string of the molecule is O=C(Nc1ncccn1)c1ccc(C(=O)n2cc(Cn3ccnc3)c3ccccc32)cc1. The van der Waals surface area contributed by atoms with Gasteiger partial charge in [-0.15, -0.1) is 0 Å². The van der Waals surface area contributed by atoms with Gasteiger partial charge in [-0.1, -0.05) is 18.2 Å². The van der Waals surface area contributed by atoms with Crippen LogP contribution in [0.2, 0.25) is 0 Å². The molecule has 2 aromatic carbocycles. The topological polar surface area (TPSA) is 94.7 Å². The van der Waals surface area contributed by atoms with Crippen molar-refractivity contribution in [2.45, 2.75) is 6.54 Å². The van der Waals surface area contributed by atoms with Crippen LogP contribution < -0.4 is 5.32 Å². The second-order valence-corrected chi connectivity index (χ2v) is 7.19. The zero-order valence-corrected chi connectivity index (χ0v) is 16.9. The molecule has 0 saturated heterocycles. The van der Waals surface area contributed by atoms with Crippen LogP contribution in [0.25, 0.3) is 10.9 Å². The second kappa shape index (κ2) is 8.27. The van der Waals surface area contributed by atoms with E-state index in [1.165, 1.54) is 0 Å². The second-order valence-electron chi connectivity index (χ2n) is 7.19. The molecular weight excluding hydrogens is 404 g/mol. The fraction of sp³-hybridized carbons (Fsp3) is 0.0417. The molecule has 8 nitrogen and oxygen atoms in total. The first-order valence-electron chi connectivity index (χ1n) is 9.97. The fourth-order valence-corrected chi connectivity index (χ4v) is 3.56. The average Bonchev–Trinajstić information content (AvgIpc) is 3.48. The summed E-state index contributed by atoms with van der Waals surface area (Å²) >= 11 is 0. The summed E-state index contributed by atoms with van der Waals surface area (Å²) in [7, 11) is 0. The molecule has 8 heteroatoms. The lowest BCUT2D eigenvalue weighted by Crippen LogP contribution is -2.15. The van der Waals surface area contributed by atoms with E-state index in [4.69, 9.17) is 0 Å². The molecule has 5 rings (SSSR count). The molecule has 0 aliphatic rings. The molecule has 0 aliphatic heterocycles. The van der Waals surface area contributed by atoms with Crippen LogP contribution in [0, 0.1) is 0 Å². The number of benzene rings is 2. The number of imidazole rings is 1. The number of hydrogen-bond donors (Lipinski definition) is 1. The van der Waals surface area contributed by atoms with Crippen molar-refractivity contribution in [3.8, 4) is 0 Å². The third-order valence-electron chi connectivity index (χ3n) is 5.11. The van der Waals surface area contributed by atoms with Gasteiger partial charge in [0.2, 0.25) is 5.95 Å². The zero-order valence-electron chi connectivity index (χ0n) is 16.9. The van der Waals surface area contributed by atoms with Gasteiger partial charge in [-0.2, -0.15) is 0 Å². The Morgan fingerprint density at radius 2 is 1.62 bits per heavy atom. The van der Waals surface area contributed by atoms with Gasteiger partial charge in [-0.05, 0) is 42.0 Å². The lowest BCUT2D eigenvalue weighted by molar-refractivity contribution is 0.0962. The molecule has 0 atom stereocenters. The fourth-order valence-electron chi connectivity index (χ4n) is 3.56. The van der Waals surface area contributed by atoms with Crippen LogP contribution in [0.1, 0.15) is 26.3 Å². The molecule has 156 valence electrons. The summed E-state index contributed by atoms with van der Waals surface area (Å²) < 4.78 is 3.61. The van der Waals surface area contributed by atoms with Gasteiger partial charge in [0.1, 0.15) is 0 Å². The van der Waals surface area contributed by atoms with Gasteiger partial charge in [-0.3, -0.25) is 19.5 Å². The summed E-state index contributed by atoms with van der Waals surface area (Å²) in [6.07, 6.45) is 10.3. The highest BCUT2D eigenvalue weighted by Crippen LogP contribution is 2.23. The van der Waals surface area contributed by atoms with Crippen molar-refractivity contribution < 1.29 is 9.59 Å². The van der Waals surface area contributed by atoms with E-state index >= 15 is 0 Å². The summed E-state index contributed by atoms with van der Waals surface area (Å²) in [6.45, 7) is 0.613. The number of para-hydroxylation sites is 1. The maximum absolute atomic E-state index is 13.3. The summed E-state index contributed by atoms with van der Waals surface area (Å²) in [5, 5.41) is 3.64. The highest BCUT2D eigenvalue weighted by atomic mass is 16.2. The van der Waals surface area contributed by atoms with Crippen molar-refractivity contribution in [2.24, 2.45) is 0 Å². The van der Waals surface area contributed by atoms with E-state index in [2.05, 4.69) is 20.3 Å². The molecule has 0 saturated carbocycles. The van der Waals surface area contributed by atoms with Crippen molar-refractivity contribution in [3.63, 3.8) is 0 Å². The first kappa shape index (κ1) is 19.4. The molecule has 0 bridgehead atoms. The Kier molecular flexibility index (Phi) is 5.01. The molecule has 1 N–H and O–H groups in total. The normalized spacial score (nSPS) is 10.9. The smallest absolute Gasteiger partial charge is 0.262 e. The monoisotopic (exact) mass is 422 g/mol. The minimum atomic E-state index is -0.343. The highest BCUT2D eigenvalue weighted by Gasteiger charge is 2.16. The third-order valence-corrected chi connectivity index (χ3v) is 5.11. The van der Waals surface area contributed by atoms with Crippen LogP contribution in [0.4, 0.5) is 5.95 Å². The zero-order chi connectivity index (χ0) is 21.9. The molecule has 32 heavy (non-hydrogen) atoms. The van der Waals surface area contributed by atoms with E-state index in [9.17, 15) is 9.59 Å². The van der Waals surface area contributed by atoms with Gasteiger partial charge in [0.25, 0.3) is 11.8 Å². The molecule has 1 amide bonds. The van der Waals surface area contributed by atoms with Gasteiger partial charge < -0.3 is 4.57 Å². The van der Waals surface area contributed by atoms with E-state index < -0.39 is 0 Å². The Labute approximate surface area is 183 Å². The Morgan fingerprint density at radius 1 is 0.875 bits per heavy atom.